The van der Waals surface area contributed by atoms with Crippen LogP contribution in [0.5, 0.6) is 0 Å². The predicted molar refractivity (Wildman–Crippen MR) is 40.4 cm³/mol. The zero-order valence-electron chi connectivity index (χ0n) is 5.89. The fourth-order valence-electron chi connectivity index (χ4n) is 1.12. The molecule has 1 nitrogen and oxygen atoms in total. The van der Waals surface area contributed by atoms with Crippen LogP contribution in [0.2, 0.25) is 0 Å². The summed E-state index contributed by atoms with van der Waals surface area (Å²) < 4.78 is 0. The van der Waals surface area contributed by atoms with Gasteiger partial charge in [0.2, 0.25) is 0 Å². The van der Waals surface area contributed by atoms with E-state index in [9.17, 15) is 4.79 Å². The Morgan fingerprint density at radius 2 is 2.33 bits per heavy atom. The van der Waals surface area contributed by atoms with Crippen LogP contribution in [0, 0.1) is 11.8 Å². The van der Waals surface area contributed by atoms with Crippen molar-refractivity contribution in [1.29, 1.82) is 0 Å². The number of carbonyl (C=O) groups excluding carboxylic acids is 1. The van der Waals surface area contributed by atoms with E-state index in [0.29, 0.717) is 17.0 Å². The molecule has 0 saturated carbocycles. The lowest BCUT2D eigenvalue weighted by Gasteiger charge is -2.09. The molecule has 52 valence electrons. The minimum atomic E-state index is 0.356. The molecule has 0 amide bonds. The monoisotopic (exact) mass is 144 g/mol. The molecule has 1 aliphatic heterocycles. The minimum Gasteiger partial charge on any atom is -0.287 e. The van der Waals surface area contributed by atoms with Gasteiger partial charge >= 0.3 is 0 Å². The molecule has 1 rings (SSSR count). The fraction of sp³-hybridized carbons (Fsp3) is 0.857. The molecule has 2 heteroatoms. The third kappa shape index (κ3) is 1.48. The second kappa shape index (κ2) is 2.74. The predicted octanol–water partition coefficient (Wildman–Crippen LogP) is 1.92. The largest absolute Gasteiger partial charge is 0.287 e. The average molecular weight is 144 g/mol. The lowest BCUT2D eigenvalue weighted by Crippen LogP contribution is -2.11. The van der Waals surface area contributed by atoms with Crippen molar-refractivity contribution in [2.75, 3.05) is 5.75 Å². The van der Waals surface area contributed by atoms with Gasteiger partial charge in [-0.25, -0.2) is 0 Å². The molecule has 0 aromatic carbocycles. The van der Waals surface area contributed by atoms with Crippen molar-refractivity contribution >= 4 is 16.9 Å². The van der Waals surface area contributed by atoms with Gasteiger partial charge < -0.3 is 0 Å². The summed E-state index contributed by atoms with van der Waals surface area (Å²) in [7, 11) is 0. The van der Waals surface area contributed by atoms with Gasteiger partial charge in [-0.05, 0) is 12.3 Å². The Kier molecular flexibility index (Phi) is 2.17. The highest BCUT2D eigenvalue weighted by atomic mass is 32.2. The molecule has 0 aromatic rings. The van der Waals surface area contributed by atoms with Crippen LogP contribution in [-0.4, -0.2) is 10.9 Å². The molecular weight excluding hydrogens is 132 g/mol. The van der Waals surface area contributed by atoms with Crippen LogP contribution in [0.3, 0.4) is 0 Å². The first-order valence-corrected chi connectivity index (χ1v) is 4.37. The summed E-state index contributed by atoms with van der Waals surface area (Å²) in [4.78, 5) is 11.0. The molecule has 9 heavy (non-hydrogen) atoms. The van der Waals surface area contributed by atoms with E-state index in [1.165, 1.54) is 11.8 Å². The van der Waals surface area contributed by atoms with Crippen molar-refractivity contribution in [3.05, 3.63) is 0 Å². The Morgan fingerprint density at radius 3 is 2.56 bits per heavy atom. The Morgan fingerprint density at radius 1 is 1.67 bits per heavy atom. The summed E-state index contributed by atoms with van der Waals surface area (Å²) in [5.74, 6) is 1.95. The lowest BCUT2D eigenvalue weighted by atomic mass is 9.95. The summed E-state index contributed by atoms with van der Waals surface area (Å²) in [6.45, 7) is 4.24. The Labute approximate surface area is 60.2 Å². The third-order valence-electron chi connectivity index (χ3n) is 1.78. The molecule has 1 saturated heterocycles. The summed E-state index contributed by atoms with van der Waals surface area (Å²) >= 11 is 1.49. The molecular formula is C7H12OS. The van der Waals surface area contributed by atoms with Gasteiger partial charge in [0.1, 0.15) is 0 Å². The van der Waals surface area contributed by atoms with Gasteiger partial charge in [0.25, 0.3) is 0 Å². The van der Waals surface area contributed by atoms with Gasteiger partial charge in [-0.2, -0.15) is 0 Å². The van der Waals surface area contributed by atoms with Gasteiger partial charge in [-0.1, -0.05) is 25.6 Å². The standard InChI is InChI=1S/C7H12OS/c1-5(2)6-3-4-9-7(6)8/h5-6H,3-4H2,1-2H3/t6-/m1/s1. The Hall–Kier alpha value is 0.0200. The molecule has 1 fully saturated rings. The van der Waals surface area contributed by atoms with Crippen LogP contribution in [0.4, 0.5) is 0 Å². The van der Waals surface area contributed by atoms with E-state index < -0.39 is 0 Å². The second-order valence-electron chi connectivity index (χ2n) is 2.81. The van der Waals surface area contributed by atoms with Crippen LogP contribution in [-0.2, 0) is 4.79 Å². The van der Waals surface area contributed by atoms with Gasteiger partial charge in [-0.15, -0.1) is 0 Å². The lowest BCUT2D eigenvalue weighted by molar-refractivity contribution is -0.114. The van der Waals surface area contributed by atoms with Crippen LogP contribution in [0.15, 0.2) is 0 Å². The SMILES string of the molecule is CC(C)[C@H]1CCSC1=O. The summed E-state index contributed by atoms with van der Waals surface area (Å²) in [5, 5.41) is 0.407. The van der Waals surface area contributed by atoms with Crippen LogP contribution < -0.4 is 0 Å². The molecule has 0 spiro atoms. The highest BCUT2D eigenvalue weighted by Gasteiger charge is 2.27. The summed E-state index contributed by atoms with van der Waals surface area (Å²) in [6.07, 6.45) is 1.10. The maximum atomic E-state index is 11.0. The van der Waals surface area contributed by atoms with Crippen LogP contribution >= 0.6 is 11.8 Å². The van der Waals surface area contributed by atoms with E-state index in [1.54, 1.807) is 0 Å². The molecule has 0 radical (unpaired) electrons. The van der Waals surface area contributed by atoms with Crippen molar-refractivity contribution in [3.8, 4) is 0 Å². The van der Waals surface area contributed by atoms with Gasteiger partial charge in [0.15, 0.2) is 5.12 Å². The smallest absolute Gasteiger partial charge is 0.192 e. The summed E-state index contributed by atoms with van der Waals surface area (Å²) in [6, 6.07) is 0. The first kappa shape index (κ1) is 7.13. The van der Waals surface area contributed by atoms with E-state index in [2.05, 4.69) is 13.8 Å². The number of hydrogen-bond acceptors (Lipinski definition) is 2. The van der Waals surface area contributed by atoms with Gasteiger partial charge in [0.05, 0.1) is 0 Å². The van der Waals surface area contributed by atoms with E-state index in [-0.39, 0.29) is 0 Å². The summed E-state index contributed by atoms with van der Waals surface area (Å²) in [5.41, 5.74) is 0. The molecule has 1 heterocycles. The Bertz CT molecular complexity index is 120. The van der Waals surface area contributed by atoms with Crippen LogP contribution in [0.1, 0.15) is 20.3 Å². The van der Waals surface area contributed by atoms with Crippen molar-refractivity contribution in [2.24, 2.45) is 11.8 Å². The topological polar surface area (TPSA) is 17.1 Å². The van der Waals surface area contributed by atoms with Crippen molar-refractivity contribution in [3.63, 3.8) is 0 Å². The zero-order chi connectivity index (χ0) is 6.85. The van der Waals surface area contributed by atoms with E-state index in [4.69, 9.17) is 0 Å². The molecule has 0 bridgehead atoms. The van der Waals surface area contributed by atoms with Crippen molar-refractivity contribution in [1.82, 2.24) is 0 Å². The number of rotatable bonds is 1. The van der Waals surface area contributed by atoms with E-state index >= 15 is 0 Å². The van der Waals surface area contributed by atoms with E-state index in [0.717, 1.165) is 12.2 Å². The van der Waals surface area contributed by atoms with Crippen molar-refractivity contribution < 1.29 is 4.79 Å². The second-order valence-corrected chi connectivity index (χ2v) is 3.91. The quantitative estimate of drug-likeness (QED) is 0.559. The number of hydrogen-bond donors (Lipinski definition) is 0. The first-order valence-electron chi connectivity index (χ1n) is 3.38. The molecule has 0 aliphatic carbocycles. The normalized spacial score (nSPS) is 27.9. The molecule has 0 unspecified atom stereocenters. The molecule has 1 aliphatic rings. The third-order valence-corrected chi connectivity index (χ3v) is 2.81. The Balaban J connectivity index is 2.49. The average Bonchev–Trinajstić information content (AvgIpc) is 2.13. The van der Waals surface area contributed by atoms with Gasteiger partial charge in [0, 0.05) is 11.7 Å². The zero-order valence-corrected chi connectivity index (χ0v) is 6.70. The minimum absolute atomic E-state index is 0.356. The maximum Gasteiger partial charge on any atom is 0.192 e. The van der Waals surface area contributed by atoms with E-state index in [1.807, 2.05) is 0 Å². The number of thioether (sulfide) groups is 1. The molecule has 1 atom stereocenters. The van der Waals surface area contributed by atoms with Gasteiger partial charge in [-0.3, -0.25) is 4.79 Å². The highest BCUT2D eigenvalue weighted by Crippen LogP contribution is 2.30. The van der Waals surface area contributed by atoms with Crippen molar-refractivity contribution in [2.45, 2.75) is 20.3 Å². The highest BCUT2D eigenvalue weighted by molar-refractivity contribution is 8.14. The van der Waals surface area contributed by atoms with Crippen LogP contribution in [0.25, 0.3) is 0 Å². The molecule has 0 aromatic heterocycles. The molecule has 0 N–H and O–H groups in total. The number of carbonyl (C=O) groups is 1. The maximum absolute atomic E-state index is 11.0. The first-order chi connectivity index (χ1) is 4.22. The fourth-order valence-corrected chi connectivity index (χ4v) is 2.29.